The standard InChI is InChI=1S/C17H18O4/c1-19-15-6-4-13(10-16(15)20-2)17(18)12-3-5-14-11(9-12)7-8-21-14/h3-6,9-10,17-18H,7-8H2,1-2H3. The van der Waals surface area contributed by atoms with Gasteiger partial charge >= 0.3 is 0 Å². The third-order valence-corrected chi connectivity index (χ3v) is 3.75. The van der Waals surface area contributed by atoms with Crippen LogP contribution in [0, 0.1) is 0 Å². The highest BCUT2D eigenvalue weighted by Gasteiger charge is 2.18. The number of hydrogen-bond acceptors (Lipinski definition) is 4. The zero-order valence-corrected chi connectivity index (χ0v) is 12.1. The molecule has 0 saturated carbocycles. The van der Waals surface area contributed by atoms with E-state index >= 15 is 0 Å². The molecule has 4 heteroatoms. The molecule has 0 aliphatic carbocycles. The molecule has 1 heterocycles. The van der Waals surface area contributed by atoms with Crippen LogP contribution in [0.3, 0.4) is 0 Å². The second-order valence-electron chi connectivity index (χ2n) is 4.98. The van der Waals surface area contributed by atoms with Crippen LogP contribution in [0.25, 0.3) is 0 Å². The molecule has 0 radical (unpaired) electrons. The molecule has 110 valence electrons. The molecule has 1 aliphatic heterocycles. The van der Waals surface area contributed by atoms with Gasteiger partial charge in [-0.05, 0) is 41.0 Å². The molecule has 1 aliphatic rings. The van der Waals surface area contributed by atoms with Gasteiger partial charge in [0.1, 0.15) is 11.9 Å². The largest absolute Gasteiger partial charge is 0.493 e. The van der Waals surface area contributed by atoms with E-state index in [2.05, 4.69) is 0 Å². The molecule has 21 heavy (non-hydrogen) atoms. The molecule has 2 aromatic rings. The van der Waals surface area contributed by atoms with E-state index in [0.717, 1.165) is 28.9 Å². The Hall–Kier alpha value is -2.20. The highest BCUT2D eigenvalue weighted by molar-refractivity contribution is 5.47. The van der Waals surface area contributed by atoms with E-state index in [4.69, 9.17) is 14.2 Å². The fourth-order valence-electron chi connectivity index (χ4n) is 2.59. The molecule has 1 unspecified atom stereocenters. The van der Waals surface area contributed by atoms with E-state index in [9.17, 15) is 5.11 Å². The van der Waals surface area contributed by atoms with E-state index in [1.54, 1.807) is 26.4 Å². The Bertz CT molecular complexity index is 651. The van der Waals surface area contributed by atoms with Crippen molar-refractivity contribution in [3.05, 3.63) is 53.1 Å². The van der Waals surface area contributed by atoms with Gasteiger partial charge in [-0.3, -0.25) is 0 Å². The molecule has 0 fully saturated rings. The van der Waals surface area contributed by atoms with E-state index < -0.39 is 6.10 Å². The van der Waals surface area contributed by atoms with Gasteiger partial charge < -0.3 is 19.3 Å². The van der Waals surface area contributed by atoms with Gasteiger partial charge in [0, 0.05) is 6.42 Å². The fraction of sp³-hybridized carbons (Fsp3) is 0.294. The number of benzene rings is 2. The van der Waals surface area contributed by atoms with Crippen LogP contribution in [-0.4, -0.2) is 25.9 Å². The van der Waals surface area contributed by atoms with Crippen molar-refractivity contribution in [2.24, 2.45) is 0 Å². The first kappa shape index (κ1) is 13.8. The second kappa shape index (κ2) is 5.66. The summed E-state index contributed by atoms with van der Waals surface area (Å²) in [6.45, 7) is 0.714. The minimum absolute atomic E-state index is 0.610. The number of aliphatic hydroxyl groups is 1. The summed E-state index contributed by atoms with van der Waals surface area (Å²) in [7, 11) is 3.18. The summed E-state index contributed by atoms with van der Waals surface area (Å²) in [4.78, 5) is 0. The van der Waals surface area contributed by atoms with Crippen molar-refractivity contribution in [1.82, 2.24) is 0 Å². The quantitative estimate of drug-likeness (QED) is 0.939. The van der Waals surface area contributed by atoms with E-state index in [0.29, 0.717) is 18.1 Å². The predicted octanol–water partition coefficient (Wildman–Crippen LogP) is 2.72. The van der Waals surface area contributed by atoms with Crippen molar-refractivity contribution in [2.45, 2.75) is 12.5 Å². The number of methoxy groups -OCH3 is 2. The number of rotatable bonds is 4. The van der Waals surface area contributed by atoms with Crippen LogP contribution in [0.5, 0.6) is 17.2 Å². The lowest BCUT2D eigenvalue weighted by atomic mass is 9.98. The number of hydrogen-bond donors (Lipinski definition) is 1. The number of fused-ring (bicyclic) bond motifs is 1. The maximum Gasteiger partial charge on any atom is 0.161 e. The highest BCUT2D eigenvalue weighted by atomic mass is 16.5. The van der Waals surface area contributed by atoms with Gasteiger partial charge in [0.15, 0.2) is 11.5 Å². The van der Waals surface area contributed by atoms with E-state index in [1.165, 1.54) is 0 Å². The maximum absolute atomic E-state index is 10.6. The molecule has 3 rings (SSSR count). The zero-order chi connectivity index (χ0) is 14.8. The Morgan fingerprint density at radius 1 is 1.00 bits per heavy atom. The average Bonchev–Trinajstić information content (AvgIpc) is 3.00. The van der Waals surface area contributed by atoms with Crippen LogP contribution in [0.1, 0.15) is 22.8 Å². The molecule has 0 amide bonds. The number of aliphatic hydroxyl groups excluding tert-OH is 1. The fourth-order valence-corrected chi connectivity index (χ4v) is 2.59. The molecule has 0 saturated heterocycles. The lowest BCUT2D eigenvalue weighted by Gasteiger charge is -2.15. The average molecular weight is 286 g/mol. The normalized spacial score (nSPS) is 14.2. The maximum atomic E-state index is 10.6. The Morgan fingerprint density at radius 2 is 1.71 bits per heavy atom. The molecule has 1 N–H and O–H groups in total. The van der Waals surface area contributed by atoms with Crippen molar-refractivity contribution >= 4 is 0 Å². The summed E-state index contributed by atoms with van der Waals surface area (Å²) in [5.41, 5.74) is 2.77. The summed E-state index contributed by atoms with van der Waals surface area (Å²) in [5, 5.41) is 10.6. The molecular formula is C17H18O4. The molecule has 0 spiro atoms. The molecule has 1 atom stereocenters. The summed E-state index contributed by atoms with van der Waals surface area (Å²) in [5.74, 6) is 2.17. The summed E-state index contributed by atoms with van der Waals surface area (Å²) in [6.07, 6.45) is 0.192. The van der Waals surface area contributed by atoms with Crippen LogP contribution >= 0.6 is 0 Å². The third-order valence-electron chi connectivity index (χ3n) is 3.75. The Kier molecular flexibility index (Phi) is 3.71. The molecule has 4 nitrogen and oxygen atoms in total. The molecule has 2 aromatic carbocycles. The predicted molar refractivity (Wildman–Crippen MR) is 79.2 cm³/mol. The monoisotopic (exact) mass is 286 g/mol. The lowest BCUT2D eigenvalue weighted by Crippen LogP contribution is -2.01. The Morgan fingerprint density at radius 3 is 2.48 bits per heavy atom. The Labute approximate surface area is 123 Å². The topological polar surface area (TPSA) is 47.9 Å². The second-order valence-corrected chi connectivity index (χ2v) is 4.98. The van der Waals surface area contributed by atoms with Gasteiger partial charge in [-0.25, -0.2) is 0 Å². The van der Waals surface area contributed by atoms with Gasteiger partial charge in [0.05, 0.1) is 20.8 Å². The van der Waals surface area contributed by atoms with Gasteiger partial charge in [-0.15, -0.1) is 0 Å². The van der Waals surface area contributed by atoms with Crippen LogP contribution in [0.2, 0.25) is 0 Å². The number of ether oxygens (including phenoxy) is 3. The first-order valence-corrected chi connectivity index (χ1v) is 6.88. The van der Waals surface area contributed by atoms with E-state index in [-0.39, 0.29) is 0 Å². The minimum atomic E-state index is -0.698. The van der Waals surface area contributed by atoms with E-state index in [1.807, 2.05) is 24.3 Å². The van der Waals surface area contributed by atoms with Crippen LogP contribution in [0.4, 0.5) is 0 Å². The van der Waals surface area contributed by atoms with Crippen molar-refractivity contribution in [1.29, 1.82) is 0 Å². The van der Waals surface area contributed by atoms with Crippen LogP contribution in [-0.2, 0) is 6.42 Å². The van der Waals surface area contributed by atoms with Gasteiger partial charge in [-0.2, -0.15) is 0 Å². The zero-order valence-electron chi connectivity index (χ0n) is 12.1. The summed E-state index contributed by atoms with van der Waals surface area (Å²) in [6, 6.07) is 11.3. The van der Waals surface area contributed by atoms with Crippen LogP contribution in [0.15, 0.2) is 36.4 Å². The first-order chi connectivity index (χ1) is 10.2. The Balaban J connectivity index is 1.93. The van der Waals surface area contributed by atoms with Gasteiger partial charge in [-0.1, -0.05) is 12.1 Å². The third kappa shape index (κ3) is 2.54. The molecule has 0 bridgehead atoms. The smallest absolute Gasteiger partial charge is 0.161 e. The van der Waals surface area contributed by atoms with Crippen molar-refractivity contribution < 1.29 is 19.3 Å². The summed E-state index contributed by atoms with van der Waals surface area (Å²) >= 11 is 0. The van der Waals surface area contributed by atoms with Crippen molar-refractivity contribution in [2.75, 3.05) is 20.8 Å². The van der Waals surface area contributed by atoms with Gasteiger partial charge in [0.2, 0.25) is 0 Å². The van der Waals surface area contributed by atoms with Crippen molar-refractivity contribution in [3.63, 3.8) is 0 Å². The van der Waals surface area contributed by atoms with Crippen LogP contribution < -0.4 is 14.2 Å². The molecule has 0 aromatic heterocycles. The highest BCUT2D eigenvalue weighted by Crippen LogP contribution is 2.34. The lowest BCUT2D eigenvalue weighted by molar-refractivity contribution is 0.219. The van der Waals surface area contributed by atoms with Gasteiger partial charge in [0.25, 0.3) is 0 Å². The van der Waals surface area contributed by atoms with Crippen molar-refractivity contribution in [3.8, 4) is 17.2 Å². The minimum Gasteiger partial charge on any atom is -0.493 e. The SMILES string of the molecule is COc1ccc(C(O)c2ccc3c(c2)CCO3)cc1OC. The first-order valence-electron chi connectivity index (χ1n) is 6.88. The summed E-state index contributed by atoms with van der Waals surface area (Å²) < 4.78 is 16.0. The molecular weight excluding hydrogens is 268 g/mol.